The van der Waals surface area contributed by atoms with Gasteiger partial charge in [-0.2, -0.15) is 0 Å². The topological polar surface area (TPSA) is 27.3 Å². The van der Waals surface area contributed by atoms with Gasteiger partial charge in [-0.25, -0.2) is 0 Å². The van der Waals surface area contributed by atoms with Gasteiger partial charge < -0.3 is 10.6 Å². The van der Waals surface area contributed by atoms with Crippen LogP contribution in [-0.4, -0.2) is 49.7 Å². The van der Waals surface area contributed by atoms with Crippen LogP contribution in [0.25, 0.3) is 0 Å². The highest BCUT2D eigenvalue weighted by Crippen LogP contribution is 2.12. The van der Waals surface area contributed by atoms with Gasteiger partial charge in [-0.15, -0.1) is 12.4 Å². The van der Waals surface area contributed by atoms with Crippen molar-refractivity contribution in [1.29, 1.82) is 0 Å². The number of hydrogen-bond donors (Lipinski definition) is 2. The van der Waals surface area contributed by atoms with Gasteiger partial charge in [0.25, 0.3) is 0 Å². The minimum atomic E-state index is 0. The Hall–Kier alpha value is 0.170. The summed E-state index contributed by atoms with van der Waals surface area (Å²) in [6.45, 7) is 10.8. The molecule has 3 unspecified atom stereocenters. The fourth-order valence-corrected chi connectivity index (χ4v) is 2.82. The van der Waals surface area contributed by atoms with Crippen molar-refractivity contribution in [3.8, 4) is 0 Å². The van der Waals surface area contributed by atoms with E-state index in [9.17, 15) is 0 Å². The van der Waals surface area contributed by atoms with Crippen LogP contribution in [0.5, 0.6) is 0 Å². The molecule has 0 radical (unpaired) electrons. The molecule has 0 aromatic rings. The van der Waals surface area contributed by atoms with E-state index in [-0.39, 0.29) is 12.4 Å². The predicted molar refractivity (Wildman–Crippen MR) is 66.7 cm³/mol. The molecule has 2 rings (SSSR count). The van der Waals surface area contributed by atoms with E-state index in [1.165, 1.54) is 39.1 Å². The Labute approximate surface area is 99.4 Å². The van der Waals surface area contributed by atoms with Crippen LogP contribution in [0.1, 0.15) is 20.3 Å². The number of rotatable bonds is 2. The Kier molecular flexibility index (Phi) is 5.33. The summed E-state index contributed by atoms with van der Waals surface area (Å²) in [4.78, 5) is 2.63. The number of hydrogen-bond acceptors (Lipinski definition) is 3. The number of nitrogens with one attached hydrogen (secondary N) is 2. The van der Waals surface area contributed by atoms with Gasteiger partial charge in [0, 0.05) is 31.7 Å². The highest BCUT2D eigenvalue weighted by molar-refractivity contribution is 5.85. The molecular formula is C11H24ClN3. The Morgan fingerprint density at radius 2 is 1.87 bits per heavy atom. The summed E-state index contributed by atoms with van der Waals surface area (Å²) in [5.74, 6) is 0.896. The monoisotopic (exact) mass is 233 g/mol. The first kappa shape index (κ1) is 13.2. The number of piperazine rings is 1. The summed E-state index contributed by atoms with van der Waals surface area (Å²) >= 11 is 0. The zero-order valence-corrected chi connectivity index (χ0v) is 10.6. The standard InChI is InChI=1S/C11H23N3.ClH/c1-9-6-14(7-10(2)13-9)8-11-3-4-12-5-11;/h9-13H,3-8H2,1-2H3;1H. The molecule has 0 aromatic heterocycles. The van der Waals surface area contributed by atoms with E-state index >= 15 is 0 Å². The number of halogens is 1. The molecule has 90 valence electrons. The lowest BCUT2D eigenvalue weighted by Crippen LogP contribution is -2.55. The average molecular weight is 234 g/mol. The fraction of sp³-hybridized carbons (Fsp3) is 1.00. The van der Waals surface area contributed by atoms with Gasteiger partial charge in [-0.1, -0.05) is 0 Å². The normalized spacial score (nSPS) is 37.6. The van der Waals surface area contributed by atoms with E-state index in [1.807, 2.05) is 0 Å². The van der Waals surface area contributed by atoms with Gasteiger partial charge in [0.1, 0.15) is 0 Å². The van der Waals surface area contributed by atoms with Crippen LogP contribution in [0, 0.1) is 5.92 Å². The second-order valence-electron chi connectivity index (χ2n) is 5.05. The summed E-state index contributed by atoms with van der Waals surface area (Å²) in [6.07, 6.45) is 1.37. The number of nitrogens with zero attached hydrogens (tertiary/aromatic N) is 1. The minimum Gasteiger partial charge on any atom is -0.316 e. The van der Waals surface area contributed by atoms with Crippen LogP contribution >= 0.6 is 12.4 Å². The van der Waals surface area contributed by atoms with Gasteiger partial charge >= 0.3 is 0 Å². The van der Waals surface area contributed by atoms with E-state index in [0.29, 0.717) is 12.1 Å². The molecule has 4 heteroatoms. The molecule has 2 N–H and O–H groups in total. The van der Waals surface area contributed by atoms with Gasteiger partial charge in [0.15, 0.2) is 0 Å². The lowest BCUT2D eigenvalue weighted by Gasteiger charge is -2.37. The van der Waals surface area contributed by atoms with Crippen LogP contribution in [0.15, 0.2) is 0 Å². The second kappa shape index (κ2) is 6.04. The zero-order valence-electron chi connectivity index (χ0n) is 9.83. The van der Waals surface area contributed by atoms with Crippen molar-refractivity contribution in [1.82, 2.24) is 15.5 Å². The van der Waals surface area contributed by atoms with Crippen LogP contribution in [0.3, 0.4) is 0 Å². The third-order valence-electron chi connectivity index (χ3n) is 3.31. The fourth-order valence-electron chi connectivity index (χ4n) is 2.82. The predicted octanol–water partition coefficient (Wildman–Crippen LogP) is 0.700. The largest absolute Gasteiger partial charge is 0.316 e. The maximum Gasteiger partial charge on any atom is 0.0169 e. The van der Waals surface area contributed by atoms with E-state index < -0.39 is 0 Å². The lowest BCUT2D eigenvalue weighted by molar-refractivity contribution is 0.154. The SMILES string of the molecule is CC1CN(CC2CCNC2)CC(C)N1.Cl. The van der Waals surface area contributed by atoms with Gasteiger partial charge in [0.2, 0.25) is 0 Å². The molecule has 2 fully saturated rings. The van der Waals surface area contributed by atoms with Crippen molar-refractivity contribution >= 4 is 12.4 Å². The Bertz CT molecular complexity index is 173. The molecule has 0 bridgehead atoms. The summed E-state index contributed by atoms with van der Waals surface area (Å²) in [6, 6.07) is 1.32. The van der Waals surface area contributed by atoms with Crippen LogP contribution in [0.2, 0.25) is 0 Å². The van der Waals surface area contributed by atoms with E-state index in [4.69, 9.17) is 0 Å². The van der Waals surface area contributed by atoms with Crippen LogP contribution in [0.4, 0.5) is 0 Å². The molecular weight excluding hydrogens is 210 g/mol. The molecule has 0 aromatic carbocycles. The lowest BCUT2D eigenvalue weighted by atomic mass is 10.1. The van der Waals surface area contributed by atoms with Gasteiger partial charge in [-0.05, 0) is 39.3 Å². The summed E-state index contributed by atoms with van der Waals surface area (Å²) in [5, 5.41) is 7.02. The zero-order chi connectivity index (χ0) is 9.97. The Morgan fingerprint density at radius 3 is 2.40 bits per heavy atom. The van der Waals surface area contributed by atoms with E-state index in [1.54, 1.807) is 0 Å². The highest BCUT2D eigenvalue weighted by atomic mass is 35.5. The van der Waals surface area contributed by atoms with E-state index in [0.717, 1.165) is 5.92 Å². The molecule has 2 heterocycles. The molecule has 0 saturated carbocycles. The van der Waals surface area contributed by atoms with Gasteiger partial charge in [0.05, 0.1) is 0 Å². The minimum absolute atomic E-state index is 0. The van der Waals surface area contributed by atoms with Crippen molar-refractivity contribution in [3.05, 3.63) is 0 Å². The third-order valence-corrected chi connectivity index (χ3v) is 3.31. The highest BCUT2D eigenvalue weighted by Gasteiger charge is 2.24. The first-order chi connectivity index (χ1) is 6.74. The quantitative estimate of drug-likeness (QED) is 0.736. The van der Waals surface area contributed by atoms with Crippen molar-refractivity contribution in [2.45, 2.75) is 32.4 Å². The molecule has 0 spiro atoms. The summed E-state index contributed by atoms with van der Waals surface area (Å²) in [7, 11) is 0. The first-order valence-electron chi connectivity index (χ1n) is 5.93. The van der Waals surface area contributed by atoms with E-state index in [2.05, 4.69) is 29.4 Å². The van der Waals surface area contributed by atoms with Crippen LogP contribution in [-0.2, 0) is 0 Å². The molecule has 3 atom stereocenters. The summed E-state index contributed by atoms with van der Waals surface area (Å²) < 4.78 is 0. The van der Waals surface area contributed by atoms with Crippen molar-refractivity contribution in [2.75, 3.05) is 32.7 Å². The van der Waals surface area contributed by atoms with Crippen molar-refractivity contribution in [3.63, 3.8) is 0 Å². The van der Waals surface area contributed by atoms with Crippen molar-refractivity contribution in [2.24, 2.45) is 5.92 Å². The molecule has 15 heavy (non-hydrogen) atoms. The Morgan fingerprint density at radius 1 is 1.20 bits per heavy atom. The molecule has 2 aliphatic heterocycles. The van der Waals surface area contributed by atoms with Crippen LogP contribution < -0.4 is 10.6 Å². The van der Waals surface area contributed by atoms with Crippen molar-refractivity contribution < 1.29 is 0 Å². The molecule has 2 saturated heterocycles. The maximum absolute atomic E-state index is 3.58. The average Bonchev–Trinajstić information content (AvgIpc) is 2.54. The maximum atomic E-state index is 3.58. The van der Waals surface area contributed by atoms with Gasteiger partial charge in [-0.3, -0.25) is 4.90 Å². The molecule has 2 aliphatic rings. The molecule has 3 nitrogen and oxygen atoms in total. The third kappa shape index (κ3) is 3.91. The first-order valence-corrected chi connectivity index (χ1v) is 5.93. The summed E-state index contributed by atoms with van der Waals surface area (Å²) in [5.41, 5.74) is 0. The Balaban J connectivity index is 0.00000112. The molecule has 0 amide bonds. The molecule has 0 aliphatic carbocycles. The second-order valence-corrected chi connectivity index (χ2v) is 5.05. The smallest absolute Gasteiger partial charge is 0.0169 e.